The molecule has 0 bridgehead atoms. The first-order valence-electron chi connectivity index (χ1n) is 10.3. The molecule has 0 aliphatic rings. The summed E-state index contributed by atoms with van der Waals surface area (Å²) < 4.78 is 11.9. The Kier molecular flexibility index (Phi) is 7.15. The van der Waals surface area contributed by atoms with E-state index in [1.165, 1.54) is 31.6 Å². The molecule has 1 aromatic heterocycles. The number of halogens is 1. The third kappa shape index (κ3) is 5.06. The number of thiophene rings is 1. The number of ether oxygens (including phenoxy) is 2. The number of carbonyl (C=O) groups excluding carboxylic acids is 2. The fourth-order valence-electron chi connectivity index (χ4n) is 3.34. The minimum atomic E-state index is -0.366. The molecule has 1 heterocycles. The first-order valence-corrected chi connectivity index (χ1v) is 11.5. The highest BCUT2D eigenvalue weighted by Gasteiger charge is 2.16. The van der Waals surface area contributed by atoms with Crippen LogP contribution in [-0.4, -0.2) is 26.0 Å². The first-order chi connectivity index (χ1) is 16.5. The number of carbonyl (C=O) groups is 2. The van der Waals surface area contributed by atoms with Gasteiger partial charge in [0, 0.05) is 38.7 Å². The van der Waals surface area contributed by atoms with Gasteiger partial charge in [0.2, 0.25) is 5.91 Å². The van der Waals surface area contributed by atoms with Crippen LogP contribution in [0.25, 0.3) is 16.2 Å². The van der Waals surface area contributed by atoms with Gasteiger partial charge in [0.15, 0.2) is 0 Å². The van der Waals surface area contributed by atoms with Crippen molar-refractivity contribution in [2.75, 3.05) is 24.9 Å². The SMILES string of the molecule is COc1cc(NC(=O)c2ccccc2)c(OC)cc1NC(=O)/C=C/c1sc2ccccc2c1Cl. The minimum Gasteiger partial charge on any atom is -0.494 e. The fraction of sp³-hybridized carbons (Fsp3) is 0.0769. The normalized spacial score (nSPS) is 10.9. The number of benzene rings is 3. The number of amides is 2. The third-order valence-electron chi connectivity index (χ3n) is 5.01. The Hall–Kier alpha value is -3.81. The number of fused-ring (bicyclic) bond motifs is 1. The van der Waals surface area contributed by atoms with Gasteiger partial charge in [-0.2, -0.15) is 0 Å². The van der Waals surface area contributed by atoms with Gasteiger partial charge in [-0.15, -0.1) is 11.3 Å². The fourth-order valence-corrected chi connectivity index (χ4v) is 4.74. The number of hydrogen-bond acceptors (Lipinski definition) is 5. The van der Waals surface area contributed by atoms with Gasteiger partial charge < -0.3 is 20.1 Å². The summed E-state index contributed by atoms with van der Waals surface area (Å²) in [5.41, 5.74) is 1.32. The molecule has 2 N–H and O–H groups in total. The molecule has 0 aliphatic carbocycles. The van der Waals surface area contributed by atoms with Crippen molar-refractivity contribution in [1.29, 1.82) is 0 Å². The Bertz CT molecular complexity index is 1380. The molecular formula is C26H21ClN2O4S. The zero-order chi connectivity index (χ0) is 24.1. The van der Waals surface area contributed by atoms with E-state index in [-0.39, 0.29) is 11.8 Å². The van der Waals surface area contributed by atoms with Gasteiger partial charge in [-0.3, -0.25) is 9.59 Å². The number of nitrogens with one attached hydrogen (secondary N) is 2. The van der Waals surface area contributed by atoms with Gasteiger partial charge in [-0.05, 0) is 24.3 Å². The number of rotatable bonds is 7. The minimum absolute atomic E-state index is 0.291. The van der Waals surface area contributed by atoms with Crippen molar-refractivity contribution < 1.29 is 19.1 Å². The summed E-state index contributed by atoms with van der Waals surface area (Å²) in [7, 11) is 2.96. The van der Waals surface area contributed by atoms with E-state index < -0.39 is 0 Å². The number of anilines is 2. The molecule has 0 spiro atoms. The average Bonchev–Trinajstić information content (AvgIpc) is 3.19. The molecule has 0 saturated heterocycles. The van der Waals surface area contributed by atoms with E-state index in [0.717, 1.165) is 15.0 Å². The maximum atomic E-state index is 12.6. The predicted molar refractivity (Wildman–Crippen MR) is 138 cm³/mol. The lowest BCUT2D eigenvalue weighted by atomic mass is 10.2. The van der Waals surface area contributed by atoms with Crippen molar-refractivity contribution in [2.24, 2.45) is 0 Å². The van der Waals surface area contributed by atoms with E-state index in [2.05, 4.69) is 10.6 Å². The standard InChI is InChI=1S/C26H21ClN2O4S/c1-32-20-15-19(29-26(31)16-8-4-3-5-9-16)21(33-2)14-18(20)28-24(30)13-12-23-25(27)17-10-6-7-11-22(17)34-23/h3-15H,1-2H3,(H,28,30)(H,29,31)/b13-12+. The van der Waals surface area contributed by atoms with Gasteiger partial charge in [-0.25, -0.2) is 0 Å². The molecule has 172 valence electrons. The molecule has 4 aromatic rings. The van der Waals surface area contributed by atoms with Gasteiger partial charge in [0.05, 0.1) is 30.6 Å². The van der Waals surface area contributed by atoms with Crippen LogP contribution in [0.15, 0.2) is 72.8 Å². The van der Waals surface area contributed by atoms with Gasteiger partial charge in [0.25, 0.3) is 5.91 Å². The quantitative estimate of drug-likeness (QED) is 0.290. The van der Waals surface area contributed by atoms with Crippen molar-refractivity contribution in [3.05, 3.63) is 88.3 Å². The Morgan fingerprint density at radius 1 is 0.882 bits per heavy atom. The lowest BCUT2D eigenvalue weighted by Crippen LogP contribution is -2.14. The summed E-state index contributed by atoms with van der Waals surface area (Å²) in [6.07, 6.45) is 3.09. The molecular weight excluding hydrogens is 472 g/mol. The molecule has 3 aromatic carbocycles. The zero-order valence-corrected chi connectivity index (χ0v) is 20.0. The highest BCUT2D eigenvalue weighted by Crippen LogP contribution is 2.38. The van der Waals surface area contributed by atoms with Crippen molar-refractivity contribution in [1.82, 2.24) is 0 Å². The average molecular weight is 493 g/mol. The first kappa shape index (κ1) is 23.4. The number of methoxy groups -OCH3 is 2. The van der Waals surface area contributed by atoms with Crippen LogP contribution in [0.2, 0.25) is 5.02 Å². The van der Waals surface area contributed by atoms with E-state index in [4.69, 9.17) is 21.1 Å². The van der Waals surface area contributed by atoms with Crippen LogP contribution in [0.3, 0.4) is 0 Å². The molecule has 6 nitrogen and oxygen atoms in total. The van der Waals surface area contributed by atoms with E-state index in [1.807, 2.05) is 30.3 Å². The van der Waals surface area contributed by atoms with E-state index >= 15 is 0 Å². The van der Waals surface area contributed by atoms with Crippen LogP contribution >= 0.6 is 22.9 Å². The molecule has 4 rings (SSSR count). The second-order valence-electron chi connectivity index (χ2n) is 7.17. The van der Waals surface area contributed by atoms with Crippen LogP contribution < -0.4 is 20.1 Å². The maximum Gasteiger partial charge on any atom is 0.255 e. The lowest BCUT2D eigenvalue weighted by molar-refractivity contribution is -0.111. The molecule has 8 heteroatoms. The summed E-state index contributed by atoms with van der Waals surface area (Å²) in [6, 6.07) is 19.8. The van der Waals surface area contributed by atoms with Crippen LogP contribution in [0.5, 0.6) is 11.5 Å². The molecule has 34 heavy (non-hydrogen) atoms. The van der Waals surface area contributed by atoms with Crippen LogP contribution in [0.1, 0.15) is 15.2 Å². The van der Waals surface area contributed by atoms with Gasteiger partial charge in [-0.1, -0.05) is 48.0 Å². The van der Waals surface area contributed by atoms with E-state index in [9.17, 15) is 9.59 Å². The summed E-state index contributed by atoms with van der Waals surface area (Å²) in [4.78, 5) is 26.0. The second-order valence-corrected chi connectivity index (χ2v) is 8.63. The Morgan fingerprint density at radius 3 is 2.15 bits per heavy atom. The number of hydrogen-bond donors (Lipinski definition) is 2. The zero-order valence-electron chi connectivity index (χ0n) is 18.4. The van der Waals surface area contributed by atoms with Crippen LogP contribution in [0, 0.1) is 0 Å². The van der Waals surface area contributed by atoms with Crippen molar-refractivity contribution >= 4 is 62.3 Å². The molecule has 0 unspecified atom stereocenters. The molecule has 0 fully saturated rings. The van der Waals surface area contributed by atoms with E-state index in [0.29, 0.717) is 33.5 Å². The van der Waals surface area contributed by atoms with Crippen molar-refractivity contribution in [2.45, 2.75) is 0 Å². The Balaban J connectivity index is 1.54. The molecule has 0 radical (unpaired) electrons. The van der Waals surface area contributed by atoms with E-state index in [1.54, 1.807) is 42.5 Å². The van der Waals surface area contributed by atoms with Crippen molar-refractivity contribution in [3.63, 3.8) is 0 Å². The Morgan fingerprint density at radius 2 is 1.50 bits per heavy atom. The van der Waals surface area contributed by atoms with Gasteiger partial charge in [0.1, 0.15) is 11.5 Å². The topological polar surface area (TPSA) is 76.7 Å². The van der Waals surface area contributed by atoms with Crippen LogP contribution in [0.4, 0.5) is 11.4 Å². The highest BCUT2D eigenvalue weighted by atomic mass is 35.5. The highest BCUT2D eigenvalue weighted by molar-refractivity contribution is 7.20. The summed E-state index contributed by atoms with van der Waals surface area (Å²) in [5, 5.41) is 7.17. The summed E-state index contributed by atoms with van der Waals surface area (Å²) in [6.45, 7) is 0. The summed E-state index contributed by atoms with van der Waals surface area (Å²) >= 11 is 7.96. The van der Waals surface area contributed by atoms with Crippen molar-refractivity contribution in [3.8, 4) is 11.5 Å². The molecule has 2 amide bonds. The molecule has 0 atom stereocenters. The largest absolute Gasteiger partial charge is 0.494 e. The van der Waals surface area contributed by atoms with Crippen LogP contribution in [-0.2, 0) is 4.79 Å². The Labute approximate surface area is 205 Å². The van der Waals surface area contributed by atoms with Gasteiger partial charge >= 0.3 is 0 Å². The monoisotopic (exact) mass is 492 g/mol. The molecule has 0 aliphatic heterocycles. The second kappa shape index (κ2) is 10.4. The third-order valence-corrected chi connectivity index (χ3v) is 6.66. The summed E-state index contributed by atoms with van der Waals surface area (Å²) in [5.74, 6) is 0.0820. The maximum absolute atomic E-state index is 12.6. The molecule has 0 saturated carbocycles. The smallest absolute Gasteiger partial charge is 0.255 e. The predicted octanol–water partition coefficient (Wildman–Crippen LogP) is 6.48. The lowest BCUT2D eigenvalue weighted by Gasteiger charge is -2.16.